The highest BCUT2D eigenvalue weighted by Crippen LogP contribution is 2.37. The van der Waals surface area contributed by atoms with E-state index in [0.29, 0.717) is 23.3 Å². The summed E-state index contributed by atoms with van der Waals surface area (Å²) in [7, 11) is 3.89. The smallest absolute Gasteiger partial charge is 0.251 e. The number of carbonyl (C=O) groups excluding carboxylic acids is 1. The Morgan fingerprint density at radius 2 is 1.81 bits per heavy atom. The summed E-state index contributed by atoms with van der Waals surface area (Å²) in [5.74, 6) is -0.623. The SMILES string of the molecule is CC1=C(C#N)C(c2cccc(C(=O)NCCN(C)C)c2)C(C#N)=C(C)N1. The van der Waals surface area contributed by atoms with Crippen molar-refractivity contribution in [3.8, 4) is 12.1 Å². The van der Waals surface area contributed by atoms with Crippen molar-refractivity contribution in [1.29, 1.82) is 10.5 Å². The number of allylic oxidation sites excluding steroid dienone is 4. The van der Waals surface area contributed by atoms with Gasteiger partial charge in [0.15, 0.2) is 0 Å². The number of nitrogens with zero attached hydrogens (tertiary/aromatic N) is 3. The van der Waals surface area contributed by atoms with Gasteiger partial charge in [0.1, 0.15) is 0 Å². The van der Waals surface area contributed by atoms with Crippen LogP contribution in [0.3, 0.4) is 0 Å². The van der Waals surface area contributed by atoms with Gasteiger partial charge >= 0.3 is 0 Å². The average molecular weight is 349 g/mol. The van der Waals surface area contributed by atoms with Crippen molar-refractivity contribution in [3.63, 3.8) is 0 Å². The van der Waals surface area contributed by atoms with E-state index in [4.69, 9.17) is 0 Å². The van der Waals surface area contributed by atoms with Crippen LogP contribution in [0.4, 0.5) is 0 Å². The number of benzene rings is 1. The zero-order valence-corrected chi connectivity index (χ0v) is 15.6. The predicted molar refractivity (Wildman–Crippen MR) is 99.8 cm³/mol. The lowest BCUT2D eigenvalue weighted by Gasteiger charge is -2.26. The molecule has 0 spiro atoms. The van der Waals surface area contributed by atoms with Crippen LogP contribution in [0.2, 0.25) is 0 Å². The first-order chi connectivity index (χ1) is 12.4. The van der Waals surface area contributed by atoms with Crippen molar-refractivity contribution in [3.05, 3.63) is 57.9 Å². The molecule has 26 heavy (non-hydrogen) atoms. The van der Waals surface area contributed by atoms with Crippen LogP contribution in [0, 0.1) is 22.7 Å². The zero-order chi connectivity index (χ0) is 19.3. The second-order valence-corrected chi connectivity index (χ2v) is 6.54. The topological polar surface area (TPSA) is 92.0 Å². The maximum absolute atomic E-state index is 12.4. The first kappa shape index (κ1) is 19.2. The van der Waals surface area contributed by atoms with E-state index in [2.05, 4.69) is 22.8 Å². The highest BCUT2D eigenvalue weighted by molar-refractivity contribution is 5.94. The molecule has 0 fully saturated rings. The molecule has 6 heteroatoms. The normalized spacial score (nSPS) is 14.7. The minimum Gasteiger partial charge on any atom is -0.361 e. The molecule has 1 heterocycles. The molecule has 0 aromatic heterocycles. The predicted octanol–water partition coefficient (Wildman–Crippen LogP) is 2.26. The molecule has 1 aliphatic heterocycles. The number of carbonyl (C=O) groups is 1. The highest BCUT2D eigenvalue weighted by atomic mass is 16.1. The summed E-state index contributed by atoms with van der Waals surface area (Å²) in [5, 5.41) is 25.1. The van der Waals surface area contributed by atoms with Crippen LogP contribution >= 0.6 is 0 Å². The van der Waals surface area contributed by atoms with Gasteiger partial charge < -0.3 is 15.5 Å². The first-order valence-electron chi connectivity index (χ1n) is 8.40. The molecule has 2 N–H and O–H groups in total. The quantitative estimate of drug-likeness (QED) is 0.851. The van der Waals surface area contributed by atoms with E-state index in [-0.39, 0.29) is 5.91 Å². The number of nitrogens with one attached hydrogen (secondary N) is 2. The van der Waals surface area contributed by atoms with Crippen LogP contribution in [-0.2, 0) is 0 Å². The standard InChI is InChI=1S/C20H23N5O/c1-13-17(11-21)19(18(12-22)14(2)24-13)15-6-5-7-16(10-15)20(26)23-8-9-25(3)4/h5-7,10,19,24H,8-9H2,1-4H3,(H,23,26). The van der Waals surface area contributed by atoms with Gasteiger partial charge in [0.25, 0.3) is 5.91 Å². The van der Waals surface area contributed by atoms with Crippen LogP contribution in [-0.4, -0.2) is 38.0 Å². The summed E-state index contributed by atoms with van der Waals surface area (Å²) in [6, 6.07) is 11.5. The Hall–Kier alpha value is -3.09. The third-order valence-electron chi connectivity index (χ3n) is 4.33. The largest absolute Gasteiger partial charge is 0.361 e. The molecule has 0 bridgehead atoms. The summed E-state index contributed by atoms with van der Waals surface area (Å²) >= 11 is 0. The van der Waals surface area contributed by atoms with Gasteiger partial charge in [0.2, 0.25) is 0 Å². The molecule has 0 aliphatic carbocycles. The monoisotopic (exact) mass is 349 g/mol. The molecule has 1 aliphatic rings. The van der Waals surface area contributed by atoms with Crippen molar-refractivity contribution < 1.29 is 4.79 Å². The maximum Gasteiger partial charge on any atom is 0.251 e. The number of hydrogen-bond donors (Lipinski definition) is 2. The van der Waals surface area contributed by atoms with Gasteiger partial charge in [0.05, 0.1) is 29.2 Å². The van der Waals surface area contributed by atoms with E-state index < -0.39 is 5.92 Å². The summed E-state index contributed by atoms with van der Waals surface area (Å²) in [6.07, 6.45) is 0. The molecule has 0 atom stereocenters. The van der Waals surface area contributed by atoms with Gasteiger partial charge in [-0.1, -0.05) is 12.1 Å². The zero-order valence-electron chi connectivity index (χ0n) is 15.6. The van der Waals surface area contributed by atoms with E-state index in [1.807, 2.05) is 38.9 Å². The van der Waals surface area contributed by atoms with E-state index >= 15 is 0 Å². The molecule has 6 nitrogen and oxygen atoms in total. The lowest BCUT2D eigenvalue weighted by atomic mass is 9.81. The highest BCUT2D eigenvalue weighted by Gasteiger charge is 2.29. The Labute approximate surface area is 154 Å². The van der Waals surface area contributed by atoms with E-state index in [9.17, 15) is 15.3 Å². The third-order valence-corrected chi connectivity index (χ3v) is 4.33. The van der Waals surface area contributed by atoms with Crippen molar-refractivity contribution in [2.75, 3.05) is 27.2 Å². The fraction of sp³-hybridized carbons (Fsp3) is 0.350. The van der Waals surface area contributed by atoms with Gasteiger partial charge in [-0.2, -0.15) is 10.5 Å². The van der Waals surface area contributed by atoms with Gasteiger partial charge in [-0.25, -0.2) is 0 Å². The molecule has 1 aromatic carbocycles. The van der Waals surface area contributed by atoms with Crippen LogP contribution in [0.5, 0.6) is 0 Å². The molecule has 1 aromatic rings. The summed E-state index contributed by atoms with van der Waals surface area (Å²) in [6.45, 7) is 4.94. The van der Waals surface area contributed by atoms with Crippen molar-refractivity contribution in [1.82, 2.24) is 15.5 Å². The molecule has 2 rings (SSSR count). The molecular formula is C20H23N5O. The van der Waals surface area contributed by atoms with Crippen molar-refractivity contribution in [2.45, 2.75) is 19.8 Å². The second-order valence-electron chi connectivity index (χ2n) is 6.54. The lowest BCUT2D eigenvalue weighted by Crippen LogP contribution is -2.31. The van der Waals surface area contributed by atoms with Crippen LogP contribution in [0.1, 0.15) is 35.7 Å². The Kier molecular flexibility index (Phi) is 6.16. The van der Waals surface area contributed by atoms with Gasteiger partial charge in [0, 0.05) is 30.0 Å². The van der Waals surface area contributed by atoms with Crippen molar-refractivity contribution in [2.24, 2.45) is 0 Å². The number of likely N-dealkylation sites (N-methyl/N-ethyl adjacent to an activating group) is 1. The number of nitriles is 2. The molecular weight excluding hydrogens is 326 g/mol. The number of hydrogen-bond acceptors (Lipinski definition) is 5. The second kappa shape index (κ2) is 8.33. The summed E-state index contributed by atoms with van der Waals surface area (Å²) in [5.41, 5.74) is 3.74. The number of amides is 1. The third kappa shape index (κ3) is 4.11. The Bertz CT molecular complexity index is 816. The van der Waals surface area contributed by atoms with Crippen LogP contribution in [0.25, 0.3) is 0 Å². The first-order valence-corrected chi connectivity index (χ1v) is 8.40. The van der Waals surface area contributed by atoms with E-state index in [1.165, 1.54) is 0 Å². The minimum absolute atomic E-state index is 0.166. The van der Waals surface area contributed by atoms with Gasteiger partial charge in [-0.05, 0) is 45.6 Å². The number of dihydropyridines is 1. The minimum atomic E-state index is -0.458. The maximum atomic E-state index is 12.4. The van der Waals surface area contributed by atoms with E-state index in [1.54, 1.807) is 18.2 Å². The molecule has 0 unspecified atom stereocenters. The molecule has 0 saturated carbocycles. The van der Waals surface area contributed by atoms with Crippen LogP contribution < -0.4 is 10.6 Å². The fourth-order valence-electron chi connectivity index (χ4n) is 2.98. The van der Waals surface area contributed by atoms with Crippen LogP contribution in [0.15, 0.2) is 46.8 Å². The molecule has 0 saturated heterocycles. The number of rotatable bonds is 5. The summed E-state index contributed by atoms with van der Waals surface area (Å²) < 4.78 is 0. The Morgan fingerprint density at radius 3 is 2.35 bits per heavy atom. The van der Waals surface area contributed by atoms with Gasteiger partial charge in [-0.3, -0.25) is 4.79 Å². The Morgan fingerprint density at radius 1 is 1.19 bits per heavy atom. The van der Waals surface area contributed by atoms with E-state index in [0.717, 1.165) is 23.5 Å². The van der Waals surface area contributed by atoms with Gasteiger partial charge in [-0.15, -0.1) is 0 Å². The molecule has 1 amide bonds. The Balaban J connectivity index is 2.36. The fourth-order valence-corrected chi connectivity index (χ4v) is 2.98. The molecule has 134 valence electrons. The molecule has 0 radical (unpaired) electrons. The lowest BCUT2D eigenvalue weighted by molar-refractivity contribution is 0.0951. The van der Waals surface area contributed by atoms with Crippen molar-refractivity contribution >= 4 is 5.91 Å². The summed E-state index contributed by atoms with van der Waals surface area (Å²) in [4.78, 5) is 14.4. The average Bonchev–Trinajstić information content (AvgIpc) is 2.61.